The summed E-state index contributed by atoms with van der Waals surface area (Å²) in [7, 11) is 1.80. The summed E-state index contributed by atoms with van der Waals surface area (Å²) in [5.41, 5.74) is 1.56. The maximum absolute atomic E-state index is 12.0. The number of hydrogen-bond donors (Lipinski definition) is 2. The molecule has 7 nitrogen and oxygen atoms in total. The summed E-state index contributed by atoms with van der Waals surface area (Å²) in [6.07, 6.45) is 7.96. The second kappa shape index (κ2) is 6.13. The van der Waals surface area contributed by atoms with Gasteiger partial charge in [-0.25, -0.2) is 14.8 Å². The van der Waals surface area contributed by atoms with Crippen LogP contribution in [0.5, 0.6) is 0 Å². The number of nitrogens with zero attached hydrogens (tertiary/aromatic N) is 4. The molecule has 2 amide bonds. The van der Waals surface area contributed by atoms with Crippen LogP contribution in [0.3, 0.4) is 0 Å². The Labute approximate surface area is 129 Å². The summed E-state index contributed by atoms with van der Waals surface area (Å²) < 4.78 is 1.64. The highest BCUT2D eigenvalue weighted by Crippen LogP contribution is 2.21. The van der Waals surface area contributed by atoms with Gasteiger partial charge in [-0.05, 0) is 19.8 Å². The average molecular weight is 300 g/mol. The minimum Gasteiger partial charge on any atom is -0.335 e. The number of urea groups is 1. The Morgan fingerprint density at radius 3 is 2.64 bits per heavy atom. The van der Waals surface area contributed by atoms with Crippen molar-refractivity contribution in [2.75, 3.05) is 5.32 Å². The molecule has 22 heavy (non-hydrogen) atoms. The first kappa shape index (κ1) is 14.5. The van der Waals surface area contributed by atoms with Crippen LogP contribution in [0.2, 0.25) is 0 Å². The molecule has 1 aliphatic rings. The number of aryl methyl sites for hydroxylation is 2. The van der Waals surface area contributed by atoms with Gasteiger partial charge in [-0.2, -0.15) is 5.10 Å². The number of aromatic nitrogens is 4. The zero-order valence-corrected chi connectivity index (χ0v) is 12.8. The van der Waals surface area contributed by atoms with E-state index in [0.717, 1.165) is 24.1 Å². The lowest BCUT2D eigenvalue weighted by atomic mass is 10.2. The Kier molecular flexibility index (Phi) is 4.04. The maximum atomic E-state index is 12.0. The smallest absolute Gasteiger partial charge is 0.320 e. The Morgan fingerprint density at radius 1 is 1.27 bits per heavy atom. The predicted octanol–water partition coefficient (Wildman–Crippen LogP) is 2.25. The van der Waals surface area contributed by atoms with Crippen LogP contribution < -0.4 is 10.6 Å². The fourth-order valence-corrected chi connectivity index (χ4v) is 2.66. The molecule has 1 aliphatic carbocycles. The number of amides is 2. The summed E-state index contributed by atoms with van der Waals surface area (Å²) in [4.78, 5) is 20.4. The first-order valence-electron chi connectivity index (χ1n) is 7.52. The molecule has 0 aliphatic heterocycles. The molecule has 0 radical (unpaired) electrons. The van der Waals surface area contributed by atoms with Crippen molar-refractivity contribution in [3.63, 3.8) is 0 Å². The predicted molar refractivity (Wildman–Crippen MR) is 83.4 cm³/mol. The number of carbonyl (C=O) groups excluding carboxylic acids is 1. The third-order valence-corrected chi connectivity index (χ3v) is 3.89. The molecule has 3 rings (SSSR count). The van der Waals surface area contributed by atoms with Gasteiger partial charge in [0.1, 0.15) is 11.6 Å². The second-order valence-electron chi connectivity index (χ2n) is 5.64. The van der Waals surface area contributed by atoms with Crippen molar-refractivity contribution in [3.05, 3.63) is 24.3 Å². The molecule has 0 unspecified atom stereocenters. The van der Waals surface area contributed by atoms with E-state index in [4.69, 9.17) is 0 Å². The van der Waals surface area contributed by atoms with E-state index in [9.17, 15) is 4.79 Å². The molecule has 2 heterocycles. The topological polar surface area (TPSA) is 84.7 Å². The SMILES string of the molecule is Cc1ncc(-c2cc(NC(=O)NC3CCCC3)n(C)n2)cn1. The Hall–Kier alpha value is -2.44. The van der Waals surface area contributed by atoms with Crippen LogP contribution in [0.25, 0.3) is 11.3 Å². The summed E-state index contributed by atoms with van der Waals surface area (Å²) in [6.45, 7) is 1.84. The molecule has 116 valence electrons. The second-order valence-corrected chi connectivity index (χ2v) is 5.64. The summed E-state index contributed by atoms with van der Waals surface area (Å²) in [5.74, 6) is 1.36. The Bertz CT molecular complexity index is 657. The van der Waals surface area contributed by atoms with E-state index in [1.165, 1.54) is 12.8 Å². The fraction of sp³-hybridized carbons (Fsp3) is 0.467. The molecule has 0 spiro atoms. The molecule has 2 N–H and O–H groups in total. The first-order chi connectivity index (χ1) is 10.6. The van der Waals surface area contributed by atoms with Gasteiger partial charge in [-0.15, -0.1) is 0 Å². The van der Waals surface area contributed by atoms with Gasteiger partial charge in [-0.3, -0.25) is 10.00 Å². The van der Waals surface area contributed by atoms with Gasteiger partial charge >= 0.3 is 6.03 Å². The molecule has 1 fully saturated rings. The van der Waals surface area contributed by atoms with Crippen molar-refractivity contribution in [2.45, 2.75) is 38.6 Å². The lowest BCUT2D eigenvalue weighted by Crippen LogP contribution is -2.36. The highest BCUT2D eigenvalue weighted by atomic mass is 16.2. The van der Waals surface area contributed by atoms with E-state index >= 15 is 0 Å². The van der Waals surface area contributed by atoms with Crippen molar-refractivity contribution in [3.8, 4) is 11.3 Å². The van der Waals surface area contributed by atoms with Crippen LogP contribution in [-0.4, -0.2) is 31.8 Å². The maximum Gasteiger partial charge on any atom is 0.320 e. The van der Waals surface area contributed by atoms with Crippen molar-refractivity contribution in [2.24, 2.45) is 7.05 Å². The molecule has 0 aromatic carbocycles. The van der Waals surface area contributed by atoms with E-state index in [-0.39, 0.29) is 12.1 Å². The third kappa shape index (κ3) is 3.24. The normalized spacial score (nSPS) is 15.0. The number of carbonyl (C=O) groups is 1. The molecule has 1 saturated carbocycles. The average Bonchev–Trinajstić information content (AvgIpc) is 3.10. The Morgan fingerprint density at radius 2 is 1.95 bits per heavy atom. The standard InChI is InChI=1S/C15H20N6O/c1-10-16-8-11(9-17-10)13-7-14(21(2)20-13)19-15(22)18-12-5-3-4-6-12/h7-9,12H,3-6H2,1-2H3,(H2,18,19,22). The van der Waals surface area contributed by atoms with Crippen molar-refractivity contribution >= 4 is 11.8 Å². The van der Waals surface area contributed by atoms with Crippen LogP contribution in [0.15, 0.2) is 18.5 Å². The number of nitrogens with one attached hydrogen (secondary N) is 2. The monoisotopic (exact) mass is 300 g/mol. The van der Waals surface area contributed by atoms with Crippen LogP contribution >= 0.6 is 0 Å². The number of rotatable bonds is 3. The lowest BCUT2D eigenvalue weighted by Gasteiger charge is -2.12. The van der Waals surface area contributed by atoms with Crippen molar-refractivity contribution in [1.82, 2.24) is 25.1 Å². The summed E-state index contributed by atoms with van der Waals surface area (Å²) in [5, 5.41) is 10.2. The highest BCUT2D eigenvalue weighted by Gasteiger charge is 2.18. The molecule has 2 aromatic rings. The molecule has 7 heteroatoms. The van der Waals surface area contributed by atoms with Crippen molar-refractivity contribution in [1.29, 1.82) is 0 Å². The largest absolute Gasteiger partial charge is 0.335 e. The summed E-state index contributed by atoms with van der Waals surface area (Å²) in [6, 6.07) is 1.93. The number of anilines is 1. The van der Waals surface area contributed by atoms with Gasteiger partial charge in [0.05, 0.1) is 5.69 Å². The van der Waals surface area contributed by atoms with Crippen LogP contribution in [0, 0.1) is 6.92 Å². The van der Waals surface area contributed by atoms with Gasteiger partial charge < -0.3 is 5.32 Å². The van der Waals surface area contributed by atoms with E-state index in [1.807, 2.05) is 13.0 Å². The van der Waals surface area contributed by atoms with E-state index in [0.29, 0.717) is 11.6 Å². The van der Waals surface area contributed by atoms with Gasteiger partial charge in [0.15, 0.2) is 0 Å². The third-order valence-electron chi connectivity index (χ3n) is 3.89. The minimum absolute atomic E-state index is 0.179. The van der Waals surface area contributed by atoms with E-state index < -0.39 is 0 Å². The van der Waals surface area contributed by atoms with E-state index in [1.54, 1.807) is 24.1 Å². The van der Waals surface area contributed by atoms with Gasteiger partial charge in [0.25, 0.3) is 0 Å². The van der Waals surface area contributed by atoms with E-state index in [2.05, 4.69) is 25.7 Å². The van der Waals surface area contributed by atoms with Crippen molar-refractivity contribution < 1.29 is 4.79 Å². The molecule has 0 saturated heterocycles. The van der Waals surface area contributed by atoms with Gasteiger partial charge in [0.2, 0.25) is 0 Å². The lowest BCUT2D eigenvalue weighted by molar-refractivity contribution is 0.248. The van der Waals surface area contributed by atoms with Gasteiger partial charge in [-0.1, -0.05) is 12.8 Å². The molecule has 0 bridgehead atoms. The molecule has 2 aromatic heterocycles. The first-order valence-corrected chi connectivity index (χ1v) is 7.52. The zero-order chi connectivity index (χ0) is 15.5. The Balaban J connectivity index is 1.69. The van der Waals surface area contributed by atoms with Crippen LogP contribution in [0.4, 0.5) is 10.6 Å². The quantitative estimate of drug-likeness (QED) is 0.910. The van der Waals surface area contributed by atoms with Crippen LogP contribution in [-0.2, 0) is 7.05 Å². The molecular weight excluding hydrogens is 280 g/mol. The summed E-state index contributed by atoms with van der Waals surface area (Å²) >= 11 is 0. The van der Waals surface area contributed by atoms with Crippen LogP contribution in [0.1, 0.15) is 31.5 Å². The highest BCUT2D eigenvalue weighted by molar-refractivity contribution is 5.89. The minimum atomic E-state index is -0.179. The zero-order valence-electron chi connectivity index (χ0n) is 12.8. The fourth-order valence-electron chi connectivity index (χ4n) is 2.66. The molecule has 0 atom stereocenters. The van der Waals surface area contributed by atoms with Gasteiger partial charge in [0, 0.05) is 37.1 Å². The number of hydrogen-bond acceptors (Lipinski definition) is 4. The molecular formula is C15H20N6O.